The number of halogens is 1. The third-order valence-corrected chi connectivity index (χ3v) is 7.63. The van der Waals surface area contributed by atoms with Crippen molar-refractivity contribution in [1.29, 1.82) is 0 Å². The molecule has 3 fully saturated rings. The van der Waals surface area contributed by atoms with Crippen LogP contribution in [0.15, 0.2) is 48.5 Å². The smallest absolute Gasteiger partial charge is 0.230 e. The van der Waals surface area contributed by atoms with Crippen molar-refractivity contribution in [2.24, 2.45) is 17.8 Å². The quantitative estimate of drug-likeness (QED) is 0.557. The minimum absolute atomic E-state index is 0.0865. The molecule has 168 valence electrons. The summed E-state index contributed by atoms with van der Waals surface area (Å²) in [6, 6.07) is 15.8. The zero-order valence-electron chi connectivity index (χ0n) is 18.5. The number of nitrogens with zero attached hydrogens (tertiary/aromatic N) is 2. The van der Waals surface area contributed by atoms with E-state index < -0.39 is 0 Å². The number of rotatable bonds is 7. The topological polar surface area (TPSA) is 40.6 Å². The molecular weight excluding hydrogens is 420 g/mol. The van der Waals surface area contributed by atoms with Crippen molar-refractivity contribution >= 4 is 34.7 Å². The number of amides is 1. The predicted octanol–water partition coefficient (Wildman–Crippen LogP) is 5.52. The van der Waals surface area contributed by atoms with Crippen molar-refractivity contribution in [1.82, 2.24) is 0 Å². The molecule has 2 aliphatic heterocycles. The van der Waals surface area contributed by atoms with Gasteiger partial charge in [-0.05, 0) is 85.9 Å². The third kappa shape index (κ3) is 4.85. The standard InChI is InChI=1S/C27H31ClN2O2/c28-23-7-3-19(4-8-23)16-26(31)17-21-2-1-14-30(27(21)32)25-11-9-24(10-12-25)29-15-13-22(18-29)20-5-6-20/h3-4,7-12,20-22H,1-2,5-6,13-18H2/t21-,22?/m0/s1. The Morgan fingerprint density at radius 2 is 1.59 bits per heavy atom. The van der Waals surface area contributed by atoms with Crippen LogP contribution < -0.4 is 9.80 Å². The van der Waals surface area contributed by atoms with Gasteiger partial charge in [0.2, 0.25) is 5.91 Å². The molecule has 1 aliphatic carbocycles. The first-order chi connectivity index (χ1) is 15.6. The van der Waals surface area contributed by atoms with E-state index in [9.17, 15) is 9.59 Å². The van der Waals surface area contributed by atoms with Crippen LogP contribution in [0, 0.1) is 17.8 Å². The summed E-state index contributed by atoms with van der Waals surface area (Å²) < 4.78 is 0. The maximum atomic E-state index is 13.2. The van der Waals surface area contributed by atoms with Crippen LogP contribution in [0.25, 0.3) is 0 Å². The lowest BCUT2D eigenvalue weighted by Crippen LogP contribution is -2.42. The Labute approximate surface area is 195 Å². The lowest BCUT2D eigenvalue weighted by atomic mass is 9.90. The van der Waals surface area contributed by atoms with Gasteiger partial charge in [0.15, 0.2) is 0 Å². The molecule has 5 heteroatoms. The molecule has 1 unspecified atom stereocenters. The maximum absolute atomic E-state index is 13.2. The molecule has 0 N–H and O–H groups in total. The molecule has 3 aliphatic rings. The molecule has 0 spiro atoms. The van der Waals surface area contributed by atoms with E-state index in [1.807, 2.05) is 17.0 Å². The molecule has 1 saturated carbocycles. The Hall–Kier alpha value is -2.33. The lowest BCUT2D eigenvalue weighted by Gasteiger charge is -2.32. The molecular formula is C27H31ClN2O2. The number of hydrogen-bond acceptors (Lipinski definition) is 3. The number of carbonyl (C=O) groups is 2. The van der Waals surface area contributed by atoms with Gasteiger partial charge >= 0.3 is 0 Å². The first-order valence-corrected chi connectivity index (χ1v) is 12.4. The summed E-state index contributed by atoms with van der Waals surface area (Å²) in [5.74, 6) is 1.81. The Morgan fingerprint density at radius 3 is 2.31 bits per heavy atom. The second-order valence-electron chi connectivity index (χ2n) is 9.72. The highest BCUT2D eigenvalue weighted by Crippen LogP contribution is 2.42. The summed E-state index contributed by atoms with van der Waals surface area (Å²) in [6.07, 6.45) is 6.52. The molecule has 2 saturated heterocycles. The normalized spacial score (nSPS) is 23.6. The zero-order valence-corrected chi connectivity index (χ0v) is 19.3. The van der Waals surface area contributed by atoms with Gasteiger partial charge < -0.3 is 9.80 Å². The van der Waals surface area contributed by atoms with E-state index in [1.165, 1.54) is 31.5 Å². The fourth-order valence-corrected chi connectivity index (χ4v) is 5.52. The van der Waals surface area contributed by atoms with Crippen molar-refractivity contribution in [3.8, 4) is 0 Å². The number of piperidine rings is 1. The van der Waals surface area contributed by atoms with Crippen molar-refractivity contribution in [3.63, 3.8) is 0 Å². The molecule has 2 atom stereocenters. The van der Waals surface area contributed by atoms with Gasteiger partial charge in [-0.15, -0.1) is 0 Å². The highest BCUT2D eigenvalue weighted by molar-refractivity contribution is 6.30. The van der Waals surface area contributed by atoms with Gasteiger partial charge in [0.25, 0.3) is 0 Å². The van der Waals surface area contributed by atoms with Crippen molar-refractivity contribution < 1.29 is 9.59 Å². The van der Waals surface area contributed by atoms with Crippen LogP contribution in [-0.4, -0.2) is 31.3 Å². The van der Waals surface area contributed by atoms with Crippen LogP contribution in [0.4, 0.5) is 11.4 Å². The fourth-order valence-electron chi connectivity index (χ4n) is 5.39. The molecule has 0 radical (unpaired) electrons. The van der Waals surface area contributed by atoms with Gasteiger partial charge in [0, 0.05) is 54.8 Å². The van der Waals surface area contributed by atoms with E-state index in [2.05, 4.69) is 29.2 Å². The van der Waals surface area contributed by atoms with E-state index >= 15 is 0 Å². The minimum Gasteiger partial charge on any atom is -0.371 e. The number of Topliss-reactive ketones (excluding diaryl/α,β-unsaturated/α-hetero) is 1. The van der Waals surface area contributed by atoms with Gasteiger partial charge in [-0.25, -0.2) is 0 Å². The van der Waals surface area contributed by atoms with Crippen molar-refractivity contribution in [2.75, 3.05) is 29.4 Å². The number of hydrogen-bond donors (Lipinski definition) is 0. The summed E-state index contributed by atoms with van der Waals surface area (Å²) in [5.41, 5.74) is 3.16. The summed E-state index contributed by atoms with van der Waals surface area (Å²) in [5, 5.41) is 0.665. The van der Waals surface area contributed by atoms with Gasteiger partial charge in [-0.3, -0.25) is 9.59 Å². The van der Waals surface area contributed by atoms with E-state index in [4.69, 9.17) is 11.6 Å². The van der Waals surface area contributed by atoms with Gasteiger partial charge in [0.05, 0.1) is 0 Å². The number of carbonyl (C=O) groups excluding carboxylic acids is 2. The van der Waals surface area contributed by atoms with E-state index in [1.54, 1.807) is 12.1 Å². The molecule has 0 aromatic heterocycles. The number of ketones is 1. The summed E-state index contributed by atoms with van der Waals surface area (Å²) in [7, 11) is 0. The van der Waals surface area contributed by atoms with Crippen LogP contribution in [-0.2, 0) is 16.0 Å². The third-order valence-electron chi connectivity index (χ3n) is 7.38. The minimum atomic E-state index is -0.221. The predicted molar refractivity (Wildman–Crippen MR) is 129 cm³/mol. The van der Waals surface area contributed by atoms with Crippen LogP contribution >= 0.6 is 11.6 Å². The van der Waals surface area contributed by atoms with Crippen LogP contribution in [0.5, 0.6) is 0 Å². The Bertz CT molecular complexity index is 968. The first kappa shape index (κ1) is 21.5. The molecule has 32 heavy (non-hydrogen) atoms. The van der Waals surface area contributed by atoms with Crippen LogP contribution in [0.1, 0.15) is 44.1 Å². The largest absolute Gasteiger partial charge is 0.371 e. The average Bonchev–Trinajstić information content (AvgIpc) is 3.53. The molecule has 4 nitrogen and oxygen atoms in total. The molecule has 0 bridgehead atoms. The zero-order chi connectivity index (χ0) is 22.1. The van der Waals surface area contributed by atoms with Crippen LogP contribution in [0.2, 0.25) is 5.02 Å². The molecule has 2 heterocycles. The second kappa shape index (κ2) is 9.27. The molecule has 5 rings (SSSR count). The number of benzene rings is 2. The van der Waals surface area contributed by atoms with E-state index in [-0.39, 0.29) is 17.6 Å². The highest BCUT2D eigenvalue weighted by atomic mass is 35.5. The lowest BCUT2D eigenvalue weighted by molar-refractivity contribution is -0.128. The van der Waals surface area contributed by atoms with Crippen molar-refractivity contribution in [3.05, 3.63) is 59.1 Å². The SMILES string of the molecule is O=C(Cc1ccc(Cl)cc1)C[C@@H]1CCCN(c2ccc(N3CCC(C4CC4)C3)cc2)C1=O. The summed E-state index contributed by atoms with van der Waals surface area (Å²) >= 11 is 5.93. The second-order valence-corrected chi connectivity index (χ2v) is 10.2. The highest BCUT2D eigenvalue weighted by Gasteiger charge is 2.36. The van der Waals surface area contributed by atoms with E-state index in [0.29, 0.717) is 17.9 Å². The fraction of sp³-hybridized carbons (Fsp3) is 0.481. The molecule has 2 aromatic rings. The van der Waals surface area contributed by atoms with Gasteiger partial charge in [0.1, 0.15) is 5.78 Å². The Balaban J connectivity index is 1.19. The maximum Gasteiger partial charge on any atom is 0.230 e. The van der Waals surface area contributed by atoms with Crippen molar-refractivity contribution in [2.45, 2.75) is 44.9 Å². The Morgan fingerprint density at radius 1 is 0.875 bits per heavy atom. The summed E-state index contributed by atoms with van der Waals surface area (Å²) in [4.78, 5) is 30.2. The average molecular weight is 451 g/mol. The van der Waals surface area contributed by atoms with Gasteiger partial charge in [-0.1, -0.05) is 23.7 Å². The van der Waals surface area contributed by atoms with Crippen LogP contribution in [0.3, 0.4) is 0 Å². The Kier molecular flexibility index (Phi) is 6.23. The molecule has 2 aromatic carbocycles. The first-order valence-electron chi connectivity index (χ1n) is 12.0. The monoisotopic (exact) mass is 450 g/mol. The summed E-state index contributed by atoms with van der Waals surface area (Å²) in [6.45, 7) is 3.04. The number of anilines is 2. The van der Waals surface area contributed by atoms with Gasteiger partial charge in [-0.2, -0.15) is 0 Å². The molecule has 1 amide bonds. The van der Waals surface area contributed by atoms with E-state index in [0.717, 1.165) is 49.0 Å².